The van der Waals surface area contributed by atoms with E-state index in [2.05, 4.69) is 6.07 Å². The third kappa shape index (κ3) is 4.01. The van der Waals surface area contributed by atoms with E-state index in [9.17, 15) is 9.59 Å². The van der Waals surface area contributed by atoms with Gasteiger partial charge in [0.25, 0.3) is 0 Å². The number of carbonyl (C=O) groups is 2. The summed E-state index contributed by atoms with van der Waals surface area (Å²) in [6, 6.07) is 11.5. The molecule has 0 radical (unpaired) electrons. The molecule has 2 heterocycles. The summed E-state index contributed by atoms with van der Waals surface area (Å²) >= 11 is 7.77. The van der Waals surface area contributed by atoms with Crippen molar-refractivity contribution in [2.75, 3.05) is 6.61 Å². The number of carbonyl (C=O) groups excluding carboxylic acids is 2. The quantitative estimate of drug-likeness (QED) is 0.540. The number of ether oxygens (including phenoxy) is 1. The lowest BCUT2D eigenvalue weighted by molar-refractivity contribution is -0.146. The minimum atomic E-state index is -0.598. The van der Waals surface area contributed by atoms with Crippen LogP contribution in [0.1, 0.15) is 55.4 Å². The zero-order valence-corrected chi connectivity index (χ0v) is 18.6. The minimum Gasteiger partial charge on any atom is -0.465 e. The van der Waals surface area contributed by atoms with Crippen molar-refractivity contribution < 1.29 is 14.3 Å². The molecule has 2 aromatic rings. The third-order valence-corrected chi connectivity index (χ3v) is 7.05. The van der Waals surface area contributed by atoms with Gasteiger partial charge in [0.05, 0.1) is 6.61 Å². The largest absolute Gasteiger partial charge is 0.465 e. The minimum absolute atomic E-state index is 0.0686. The first-order valence-electron chi connectivity index (χ1n) is 10.3. The van der Waals surface area contributed by atoms with Gasteiger partial charge >= 0.3 is 5.97 Å². The third-order valence-electron chi connectivity index (χ3n) is 5.77. The van der Waals surface area contributed by atoms with Crippen molar-refractivity contribution in [1.82, 2.24) is 0 Å². The maximum Gasteiger partial charge on any atom is 0.315 e. The van der Waals surface area contributed by atoms with Gasteiger partial charge in [-0.25, -0.2) is 0 Å². The highest BCUT2D eigenvalue weighted by Crippen LogP contribution is 2.47. The number of Topliss-reactive ketones (excluding diaryl/α,β-unsaturated/α-hetero) is 1. The van der Waals surface area contributed by atoms with Crippen molar-refractivity contribution in [3.63, 3.8) is 0 Å². The number of ketones is 1. The van der Waals surface area contributed by atoms with Crippen LogP contribution in [-0.2, 0) is 14.3 Å². The summed E-state index contributed by atoms with van der Waals surface area (Å²) in [4.78, 5) is 32.3. The summed E-state index contributed by atoms with van der Waals surface area (Å²) in [5.74, 6) is -1.10. The van der Waals surface area contributed by atoms with Gasteiger partial charge in [0.15, 0.2) is 5.78 Å². The van der Waals surface area contributed by atoms with Gasteiger partial charge in [-0.1, -0.05) is 36.7 Å². The second kappa shape index (κ2) is 8.86. The first-order valence-corrected chi connectivity index (χ1v) is 11.5. The lowest BCUT2D eigenvalue weighted by atomic mass is 9.70. The first kappa shape index (κ1) is 21.0. The standard InChI is InChI=1S/C24H24ClNO3S/c1-3-10-29-24(28)21-14(2)26-18-12-16(20-5-4-11-30-20)13-19(27)23(18)22(21)15-6-8-17(25)9-7-15/h4-9,11,16,21-22H,3,10,12-13H2,1-2H3/t16-,21?,22+/m1/s1. The van der Waals surface area contributed by atoms with Crippen LogP contribution < -0.4 is 0 Å². The molecule has 2 aliphatic rings. The van der Waals surface area contributed by atoms with E-state index >= 15 is 0 Å². The van der Waals surface area contributed by atoms with Crippen molar-refractivity contribution in [2.45, 2.75) is 44.9 Å². The van der Waals surface area contributed by atoms with E-state index in [1.54, 1.807) is 23.5 Å². The van der Waals surface area contributed by atoms with Crippen LogP contribution in [0.2, 0.25) is 5.02 Å². The Morgan fingerprint density at radius 1 is 1.23 bits per heavy atom. The first-order chi connectivity index (χ1) is 14.5. The number of rotatable bonds is 5. The second-order valence-electron chi connectivity index (χ2n) is 7.83. The molecule has 156 valence electrons. The van der Waals surface area contributed by atoms with E-state index in [0.717, 1.165) is 17.7 Å². The van der Waals surface area contributed by atoms with E-state index in [1.165, 1.54) is 4.88 Å². The molecule has 4 rings (SSSR count). The number of nitrogens with zero attached hydrogens (tertiary/aromatic N) is 1. The molecule has 3 atom stereocenters. The van der Waals surface area contributed by atoms with Gasteiger partial charge in [-0.3, -0.25) is 14.6 Å². The molecule has 0 amide bonds. The molecular weight excluding hydrogens is 418 g/mol. The highest BCUT2D eigenvalue weighted by Gasteiger charge is 2.44. The molecule has 0 saturated heterocycles. The van der Waals surface area contributed by atoms with Gasteiger partial charge in [0.1, 0.15) is 5.92 Å². The van der Waals surface area contributed by atoms with Crippen molar-refractivity contribution in [1.29, 1.82) is 0 Å². The number of allylic oxidation sites excluding steroid dienone is 2. The molecule has 0 N–H and O–H groups in total. The molecule has 1 aromatic heterocycles. The molecule has 1 aliphatic carbocycles. The Bertz CT molecular complexity index is 1010. The molecule has 0 spiro atoms. The molecule has 0 fully saturated rings. The van der Waals surface area contributed by atoms with Crippen molar-refractivity contribution in [3.05, 3.63) is 68.5 Å². The molecule has 4 nitrogen and oxygen atoms in total. The van der Waals surface area contributed by atoms with Gasteiger partial charge in [0.2, 0.25) is 0 Å². The monoisotopic (exact) mass is 441 g/mol. The van der Waals surface area contributed by atoms with Crippen molar-refractivity contribution in [2.24, 2.45) is 10.9 Å². The molecule has 0 bridgehead atoms. The summed E-state index contributed by atoms with van der Waals surface area (Å²) in [6.07, 6.45) is 1.89. The van der Waals surface area contributed by atoms with Crippen LogP contribution in [0, 0.1) is 5.92 Å². The lowest BCUT2D eigenvalue weighted by Crippen LogP contribution is -2.38. The van der Waals surface area contributed by atoms with Gasteiger partial charge in [0, 0.05) is 45.1 Å². The average molecular weight is 442 g/mol. The summed E-state index contributed by atoms with van der Waals surface area (Å²) in [5.41, 5.74) is 3.06. The number of thiophene rings is 1. The van der Waals surface area contributed by atoms with E-state index in [4.69, 9.17) is 21.3 Å². The number of esters is 1. The zero-order valence-electron chi connectivity index (χ0n) is 17.1. The Hall–Kier alpha value is -2.24. The smallest absolute Gasteiger partial charge is 0.315 e. The van der Waals surface area contributed by atoms with Gasteiger partial charge in [-0.05, 0) is 48.9 Å². The molecule has 6 heteroatoms. The maximum atomic E-state index is 13.4. The zero-order chi connectivity index (χ0) is 21.3. The predicted octanol–water partition coefficient (Wildman–Crippen LogP) is 5.93. The fourth-order valence-electron chi connectivity index (χ4n) is 4.41. The van der Waals surface area contributed by atoms with Gasteiger partial charge < -0.3 is 4.74 Å². The van der Waals surface area contributed by atoms with Gasteiger partial charge in [-0.2, -0.15) is 0 Å². The highest BCUT2D eigenvalue weighted by molar-refractivity contribution is 7.10. The fraction of sp³-hybridized carbons (Fsp3) is 0.375. The normalized spacial score (nSPS) is 23.8. The fourth-order valence-corrected chi connectivity index (χ4v) is 5.37. The molecule has 1 aliphatic heterocycles. The number of benzene rings is 1. The number of halogens is 1. The van der Waals surface area contributed by atoms with Crippen LogP contribution in [0.3, 0.4) is 0 Å². The van der Waals surface area contributed by atoms with E-state index < -0.39 is 11.8 Å². The molecular formula is C24H24ClNO3S. The SMILES string of the molecule is CCCOC(=O)C1C(C)=NC2=C(C(=O)C[C@H](c3cccs3)C2)[C@H]1c1ccc(Cl)cc1. The topological polar surface area (TPSA) is 55.7 Å². The summed E-state index contributed by atoms with van der Waals surface area (Å²) < 4.78 is 5.49. The Kier molecular flexibility index (Phi) is 6.21. The molecule has 1 unspecified atom stereocenters. The van der Waals surface area contributed by atoms with E-state index in [-0.39, 0.29) is 17.7 Å². The Morgan fingerprint density at radius 3 is 2.67 bits per heavy atom. The molecule has 0 saturated carbocycles. The van der Waals surface area contributed by atoms with Crippen LogP contribution in [0.5, 0.6) is 0 Å². The number of hydrogen-bond acceptors (Lipinski definition) is 5. The molecule has 1 aromatic carbocycles. The van der Waals surface area contributed by atoms with Crippen LogP contribution in [0.15, 0.2) is 58.0 Å². The Morgan fingerprint density at radius 2 is 2.00 bits per heavy atom. The van der Waals surface area contributed by atoms with E-state index in [1.807, 2.05) is 37.4 Å². The van der Waals surface area contributed by atoms with Crippen LogP contribution in [0.25, 0.3) is 0 Å². The summed E-state index contributed by atoms with van der Waals surface area (Å²) in [6.45, 7) is 4.18. The highest BCUT2D eigenvalue weighted by atomic mass is 35.5. The van der Waals surface area contributed by atoms with E-state index in [0.29, 0.717) is 35.8 Å². The Labute approximate surface area is 185 Å². The van der Waals surface area contributed by atoms with Crippen LogP contribution >= 0.6 is 22.9 Å². The number of aliphatic imine (C=N–C) groups is 1. The second-order valence-corrected chi connectivity index (χ2v) is 9.25. The summed E-state index contributed by atoms with van der Waals surface area (Å²) in [7, 11) is 0. The van der Waals surface area contributed by atoms with Crippen LogP contribution in [0.4, 0.5) is 0 Å². The van der Waals surface area contributed by atoms with Crippen molar-refractivity contribution >= 4 is 40.4 Å². The Balaban J connectivity index is 1.78. The maximum absolute atomic E-state index is 13.4. The van der Waals surface area contributed by atoms with Crippen LogP contribution in [-0.4, -0.2) is 24.1 Å². The summed E-state index contributed by atoms with van der Waals surface area (Å²) in [5, 5.41) is 2.65. The average Bonchev–Trinajstić information content (AvgIpc) is 3.26. The number of hydrogen-bond donors (Lipinski definition) is 0. The molecule has 30 heavy (non-hydrogen) atoms. The van der Waals surface area contributed by atoms with Crippen molar-refractivity contribution in [3.8, 4) is 0 Å². The predicted molar refractivity (Wildman–Crippen MR) is 120 cm³/mol. The van der Waals surface area contributed by atoms with Gasteiger partial charge in [-0.15, -0.1) is 11.3 Å². The lowest BCUT2D eigenvalue weighted by Gasteiger charge is -2.36.